The molecule has 1 heterocycles. The van der Waals surface area contributed by atoms with Gasteiger partial charge in [-0.25, -0.2) is 0 Å². The van der Waals surface area contributed by atoms with Gasteiger partial charge in [-0.15, -0.1) is 0 Å². The van der Waals surface area contributed by atoms with Gasteiger partial charge in [-0.3, -0.25) is 0 Å². The molecule has 0 radical (unpaired) electrons. The Morgan fingerprint density at radius 3 is 3.00 bits per heavy atom. The molecule has 1 aromatic heterocycles. The van der Waals surface area contributed by atoms with E-state index in [0.717, 1.165) is 5.56 Å². The van der Waals surface area contributed by atoms with Crippen LogP contribution >= 0.6 is 0 Å². The molecule has 0 aliphatic rings. The molecule has 0 spiro atoms. The SMILES string of the molecule is CCOC(C)c1noc(Cc2cccc(O)c2)n1. The van der Waals surface area contributed by atoms with Crippen LogP contribution in [-0.2, 0) is 11.2 Å². The number of phenolic OH excluding ortho intramolecular Hbond substituents is 1. The Bertz CT molecular complexity index is 510. The van der Waals surface area contributed by atoms with Crippen molar-refractivity contribution in [1.29, 1.82) is 0 Å². The van der Waals surface area contributed by atoms with Crippen LogP contribution in [0.1, 0.15) is 37.2 Å². The van der Waals surface area contributed by atoms with Crippen molar-refractivity contribution in [2.45, 2.75) is 26.4 Å². The molecule has 5 nitrogen and oxygen atoms in total. The third-order valence-corrected chi connectivity index (χ3v) is 2.53. The van der Waals surface area contributed by atoms with Gasteiger partial charge in [-0.05, 0) is 31.5 Å². The standard InChI is InChI=1S/C13H16N2O3/c1-3-17-9(2)13-14-12(18-15-13)8-10-5-4-6-11(16)7-10/h4-7,9,16H,3,8H2,1-2H3. The van der Waals surface area contributed by atoms with Gasteiger partial charge in [-0.1, -0.05) is 17.3 Å². The van der Waals surface area contributed by atoms with E-state index in [4.69, 9.17) is 9.26 Å². The second-order valence-electron chi connectivity index (χ2n) is 3.99. The minimum absolute atomic E-state index is 0.170. The molecule has 0 bridgehead atoms. The predicted octanol–water partition coefficient (Wildman–Crippen LogP) is 2.46. The van der Waals surface area contributed by atoms with Crippen LogP contribution in [0.5, 0.6) is 5.75 Å². The molecule has 0 aliphatic carbocycles. The fourth-order valence-corrected chi connectivity index (χ4v) is 1.67. The van der Waals surface area contributed by atoms with Crippen LogP contribution in [0.15, 0.2) is 28.8 Å². The van der Waals surface area contributed by atoms with Crippen molar-refractivity contribution in [3.05, 3.63) is 41.5 Å². The minimum atomic E-state index is -0.170. The molecule has 5 heteroatoms. The monoisotopic (exact) mass is 248 g/mol. The number of ether oxygens (including phenoxy) is 1. The number of hydrogen-bond donors (Lipinski definition) is 1. The maximum atomic E-state index is 9.37. The maximum absolute atomic E-state index is 9.37. The molecular formula is C13H16N2O3. The van der Waals surface area contributed by atoms with E-state index in [0.29, 0.717) is 24.7 Å². The van der Waals surface area contributed by atoms with E-state index in [2.05, 4.69) is 10.1 Å². The summed E-state index contributed by atoms with van der Waals surface area (Å²) in [6, 6.07) is 6.98. The summed E-state index contributed by atoms with van der Waals surface area (Å²) in [6.45, 7) is 4.41. The van der Waals surface area contributed by atoms with E-state index < -0.39 is 0 Å². The number of hydrogen-bond acceptors (Lipinski definition) is 5. The average molecular weight is 248 g/mol. The highest BCUT2D eigenvalue weighted by Crippen LogP contribution is 2.17. The van der Waals surface area contributed by atoms with Crippen molar-refractivity contribution < 1.29 is 14.4 Å². The quantitative estimate of drug-likeness (QED) is 0.880. The second-order valence-corrected chi connectivity index (χ2v) is 3.99. The summed E-state index contributed by atoms with van der Waals surface area (Å²) in [5, 5.41) is 13.2. The van der Waals surface area contributed by atoms with Gasteiger partial charge >= 0.3 is 0 Å². The molecule has 1 atom stereocenters. The molecule has 0 saturated heterocycles. The highest BCUT2D eigenvalue weighted by Gasteiger charge is 2.13. The van der Waals surface area contributed by atoms with Crippen LogP contribution in [0.4, 0.5) is 0 Å². The fraction of sp³-hybridized carbons (Fsp3) is 0.385. The second kappa shape index (κ2) is 5.64. The summed E-state index contributed by atoms with van der Waals surface area (Å²) in [6.07, 6.45) is 0.330. The molecule has 0 fully saturated rings. The zero-order valence-electron chi connectivity index (χ0n) is 10.5. The number of rotatable bonds is 5. The van der Waals surface area contributed by atoms with Gasteiger partial charge in [0.2, 0.25) is 5.89 Å². The number of benzene rings is 1. The molecule has 1 unspecified atom stereocenters. The van der Waals surface area contributed by atoms with E-state index in [9.17, 15) is 5.11 Å². The van der Waals surface area contributed by atoms with Gasteiger partial charge in [0.25, 0.3) is 0 Å². The Labute approximate surface area is 105 Å². The van der Waals surface area contributed by atoms with Crippen molar-refractivity contribution in [3.8, 4) is 5.75 Å². The molecule has 1 N–H and O–H groups in total. The Balaban J connectivity index is 2.06. The third kappa shape index (κ3) is 3.07. The van der Waals surface area contributed by atoms with Gasteiger partial charge in [0.15, 0.2) is 5.82 Å². The van der Waals surface area contributed by atoms with Gasteiger partial charge in [0.05, 0.1) is 6.42 Å². The Hall–Kier alpha value is -1.88. The van der Waals surface area contributed by atoms with E-state index in [1.165, 1.54) is 0 Å². The van der Waals surface area contributed by atoms with Gasteiger partial charge in [-0.2, -0.15) is 4.98 Å². The summed E-state index contributed by atoms with van der Waals surface area (Å²) in [7, 11) is 0. The molecule has 96 valence electrons. The minimum Gasteiger partial charge on any atom is -0.508 e. The third-order valence-electron chi connectivity index (χ3n) is 2.53. The summed E-state index contributed by atoms with van der Waals surface area (Å²) in [5.41, 5.74) is 0.925. The van der Waals surface area contributed by atoms with Gasteiger partial charge in [0.1, 0.15) is 11.9 Å². The zero-order valence-corrected chi connectivity index (χ0v) is 10.5. The first-order valence-corrected chi connectivity index (χ1v) is 5.91. The zero-order chi connectivity index (χ0) is 13.0. The summed E-state index contributed by atoms with van der Waals surface area (Å²) in [4.78, 5) is 4.27. The first-order chi connectivity index (χ1) is 8.69. The molecule has 18 heavy (non-hydrogen) atoms. The normalized spacial score (nSPS) is 12.6. The molecule has 1 aromatic carbocycles. The summed E-state index contributed by atoms with van der Waals surface area (Å²) >= 11 is 0. The van der Waals surface area contributed by atoms with Crippen molar-refractivity contribution in [1.82, 2.24) is 10.1 Å². The van der Waals surface area contributed by atoms with E-state index >= 15 is 0 Å². The van der Waals surface area contributed by atoms with Crippen LogP contribution in [0.25, 0.3) is 0 Å². The molecule has 0 saturated carbocycles. The molecule has 0 aliphatic heterocycles. The topological polar surface area (TPSA) is 68.4 Å². The predicted molar refractivity (Wildman–Crippen MR) is 65.3 cm³/mol. The molecule has 2 aromatic rings. The van der Waals surface area contributed by atoms with Crippen LogP contribution in [0, 0.1) is 0 Å². The van der Waals surface area contributed by atoms with Gasteiger partial charge in [0, 0.05) is 6.61 Å². The number of nitrogens with zero attached hydrogens (tertiary/aromatic N) is 2. The van der Waals surface area contributed by atoms with Crippen molar-refractivity contribution in [2.75, 3.05) is 6.61 Å². The lowest BCUT2D eigenvalue weighted by Crippen LogP contribution is -2.01. The number of phenols is 1. The van der Waals surface area contributed by atoms with Crippen molar-refractivity contribution in [3.63, 3.8) is 0 Å². The highest BCUT2D eigenvalue weighted by atomic mass is 16.5. The van der Waals surface area contributed by atoms with Crippen LogP contribution in [0.3, 0.4) is 0 Å². The van der Waals surface area contributed by atoms with E-state index in [1.807, 2.05) is 19.9 Å². The lowest BCUT2D eigenvalue weighted by atomic mass is 10.1. The highest BCUT2D eigenvalue weighted by molar-refractivity contribution is 5.28. The van der Waals surface area contributed by atoms with E-state index in [-0.39, 0.29) is 11.9 Å². The van der Waals surface area contributed by atoms with Crippen LogP contribution in [0.2, 0.25) is 0 Å². The Morgan fingerprint density at radius 2 is 2.28 bits per heavy atom. The lowest BCUT2D eigenvalue weighted by molar-refractivity contribution is 0.0683. The first kappa shape index (κ1) is 12.6. The van der Waals surface area contributed by atoms with Crippen LogP contribution in [-0.4, -0.2) is 21.9 Å². The largest absolute Gasteiger partial charge is 0.508 e. The Kier molecular flexibility index (Phi) is 3.94. The van der Waals surface area contributed by atoms with E-state index in [1.54, 1.807) is 18.2 Å². The number of aromatic nitrogens is 2. The summed E-state index contributed by atoms with van der Waals surface area (Å²) in [5.74, 6) is 1.30. The maximum Gasteiger partial charge on any atom is 0.231 e. The smallest absolute Gasteiger partial charge is 0.231 e. The first-order valence-electron chi connectivity index (χ1n) is 5.91. The lowest BCUT2D eigenvalue weighted by Gasteiger charge is -2.04. The van der Waals surface area contributed by atoms with Crippen molar-refractivity contribution >= 4 is 0 Å². The Morgan fingerprint density at radius 1 is 1.44 bits per heavy atom. The van der Waals surface area contributed by atoms with Crippen molar-refractivity contribution in [2.24, 2.45) is 0 Å². The molecular weight excluding hydrogens is 232 g/mol. The van der Waals surface area contributed by atoms with Gasteiger partial charge < -0.3 is 14.4 Å². The fourth-order valence-electron chi connectivity index (χ4n) is 1.67. The van der Waals surface area contributed by atoms with Crippen LogP contribution < -0.4 is 0 Å². The average Bonchev–Trinajstić information content (AvgIpc) is 2.78. The number of aromatic hydroxyl groups is 1. The summed E-state index contributed by atoms with van der Waals surface area (Å²) < 4.78 is 10.5. The molecule has 2 rings (SSSR count). The molecule has 0 amide bonds.